The van der Waals surface area contributed by atoms with Crippen LogP contribution in [0.1, 0.15) is 12.5 Å². The smallest absolute Gasteiger partial charge is 0.351 e. The van der Waals surface area contributed by atoms with Crippen molar-refractivity contribution in [2.45, 2.75) is 37.5 Å². The van der Waals surface area contributed by atoms with E-state index in [-0.39, 0.29) is 17.4 Å². The van der Waals surface area contributed by atoms with E-state index in [1.807, 2.05) is 0 Å². The number of hydrogen-bond donors (Lipinski definition) is 2. The maximum Gasteiger partial charge on any atom is 0.351 e. The Hall–Kier alpha value is -2.05. The van der Waals surface area contributed by atoms with Crippen LogP contribution in [0.4, 0.5) is 5.69 Å². The van der Waals surface area contributed by atoms with Gasteiger partial charge in [0.15, 0.2) is 5.12 Å². The Bertz CT molecular complexity index is 683. The van der Waals surface area contributed by atoms with Crippen LogP contribution in [-0.2, 0) is 25.7 Å². The number of benzene rings is 1. The molecule has 2 rings (SSSR count). The van der Waals surface area contributed by atoms with Crippen molar-refractivity contribution in [1.82, 2.24) is 4.90 Å². The lowest BCUT2D eigenvalue weighted by molar-refractivity contribution is -0.384. The Labute approximate surface area is 152 Å². The summed E-state index contributed by atoms with van der Waals surface area (Å²) in [5, 5.41) is 29.7. The fourth-order valence-electron chi connectivity index (χ4n) is 2.42. The molecule has 1 fully saturated rings. The molecule has 0 bridgehead atoms. The first-order chi connectivity index (χ1) is 12.3. The van der Waals surface area contributed by atoms with Crippen molar-refractivity contribution in [3.05, 3.63) is 39.9 Å². The average Bonchev–Trinajstić information content (AvgIpc) is 2.59. The molecule has 0 aromatic heterocycles. The Balaban J connectivity index is 1.95. The Kier molecular flexibility index (Phi) is 6.67. The summed E-state index contributed by atoms with van der Waals surface area (Å²) in [6.45, 7) is 1.11. The van der Waals surface area contributed by atoms with Gasteiger partial charge >= 0.3 is 5.97 Å². The summed E-state index contributed by atoms with van der Waals surface area (Å²) in [5.41, 5.74) is 0.392. The molecule has 1 aliphatic heterocycles. The van der Waals surface area contributed by atoms with Gasteiger partial charge in [-0.1, -0.05) is 11.8 Å². The summed E-state index contributed by atoms with van der Waals surface area (Å²) in [5.74, 6) is -1.02. The molecular formula is C15H18N2O8S. The number of aliphatic hydroxyl groups is 2. The van der Waals surface area contributed by atoms with Crippen LogP contribution in [0.2, 0.25) is 0 Å². The lowest BCUT2D eigenvalue weighted by Crippen LogP contribution is -2.71. The van der Waals surface area contributed by atoms with E-state index in [1.165, 1.54) is 38.3 Å². The maximum absolute atomic E-state index is 12.0. The highest BCUT2D eigenvalue weighted by Crippen LogP contribution is 2.37. The van der Waals surface area contributed by atoms with Crippen molar-refractivity contribution in [3.63, 3.8) is 0 Å². The Morgan fingerprint density at radius 1 is 1.38 bits per heavy atom. The molecule has 142 valence electrons. The summed E-state index contributed by atoms with van der Waals surface area (Å²) < 4.78 is 10.0. The topological polar surface area (TPSA) is 139 Å². The van der Waals surface area contributed by atoms with Crippen LogP contribution in [0.3, 0.4) is 0 Å². The Morgan fingerprint density at radius 2 is 2.00 bits per heavy atom. The summed E-state index contributed by atoms with van der Waals surface area (Å²) in [4.78, 5) is 34.4. The van der Waals surface area contributed by atoms with Crippen LogP contribution in [0.5, 0.6) is 0 Å². The van der Waals surface area contributed by atoms with E-state index in [2.05, 4.69) is 0 Å². The van der Waals surface area contributed by atoms with Gasteiger partial charge in [0.25, 0.3) is 5.69 Å². The molecule has 1 heterocycles. The molecule has 0 amide bonds. The molecule has 26 heavy (non-hydrogen) atoms. The summed E-state index contributed by atoms with van der Waals surface area (Å²) in [6, 6.07) is 5.38. The predicted octanol–water partition coefficient (Wildman–Crippen LogP) is 0.211. The maximum atomic E-state index is 12.0. The molecule has 0 saturated carbocycles. The number of esters is 1. The highest BCUT2D eigenvalue weighted by molar-refractivity contribution is 8.14. The van der Waals surface area contributed by atoms with Gasteiger partial charge in [-0.15, -0.1) is 0 Å². The zero-order chi connectivity index (χ0) is 19.4. The van der Waals surface area contributed by atoms with Gasteiger partial charge in [-0.25, -0.2) is 9.69 Å². The second-order valence-electron chi connectivity index (χ2n) is 5.47. The number of nitro groups is 1. The number of nitro benzene ring substituents is 1. The first kappa shape index (κ1) is 20.3. The van der Waals surface area contributed by atoms with E-state index in [0.29, 0.717) is 5.56 Å². The van der Waals surface area contributed by atoms with Crippen LogP contribution in [0.25, 0.3) is 0 Å². The number of hydrogen-bond acceptors (Lipinski definition) is 10. The zero-order valence-electron chi connectivity index (χ0n) is 14.0. The quantitative estimate of drug-likeness (QED) is 0.380. The Morgan fingerprint density at radius 3 is 2.50 bits per heavy atom. The lowest BCUT2D eigenvalue weighted by Gasteiger charge is -2.51. The SMILES string of the molecule is CO[C@H]1C(O)N(C(O)C(=O)OCc2ccc([N+](=O)[O-])cc2)[C@@H]1SC(C)=O. The van der Waals surface area contributed by atoms with Gasteiger partial charge in [0.2, 0.25) is 6.23 Å². The molecule has 1 saturated heterocycles. The number of carbonyl (C=O) groups excluding carboxylic acids is 2. The molecule has 10 nitrogen and oxygen atoms in total. The van der Waals surface area contributed by atoms with E-state index in [1.54, 1.807) is 0 Å². The van der Waals surface area contributed by atoms with Crippen LogP contribution < -0.4 is 0 Å². The van der Waals surface area contributed by atoms with Gasteiger partial charge in [0.05, 0.1) is 10.3 Å². The minimum absolute atomic E-state index is 0.0986. The number of thioether (sulfide) groups is 1. The molecule has 0 radical (unpaired) electrons. The molecule has 11 heteroatoms. The highest BCUT2D eigenvalue weighted by Gasteiger charge is 2.54. The molecule has 0 spiro atoms. The molecule has 4 atom stereocenters. The monoisotopic (exact) mass is 386 g/mol. The molecule has 1 aromatic carbocycles. The third-order valence-corrected chi connectivity index (χ3v) is 4.84. The normalized spacial score (nSPS) is 23.8. The van der Waals surface area contributed by atoms with E-state index in [4.69, 9.17) is 9.47 Å². The largest absolute Gasteiger partial charge is 0.458 e. The molecule has 1 aliphatic rings. The van der Waals surface area contributed by atoms with Crippen LogP contribution in [0.15, 0.2) is 24.3 Å². The number of rotatable bonds is 7. The van der Waals surface area contributed by atoms with Gasteiger partial charge in [-0.3, -0.25) is 14.9 Å². The number of non-ortho nitro benzene ring substituents is 1. The third-order valence-electron chi connectivity index (χ3n) is 3.75. The molecule has 1 aromatic rings. The van der Waals surface area contributed by atoms with Gasteiger partial charge in [-0.05, 0) is 17.7 Å². The zero-order valence-corrected chi connectivity index (χ0v) is 14.8. The highest BCUT2D eigenvalue weighted by atomic mass is 32.2. The number of carbonyl (C=O) groups is 2. The van der Waals surface area contributed by atoms with Crippen molar-refractivity contribution < 1.29 is 34.2 Å². The van der Waals surface area contributed by atoms with Crippen LogP contribution >= 0.6 is 11.8 Å². The number of likely N-dealkylation sites (tertiary alicyclic amines) is 1. The van der Waals surface area contributed by atoms with Crippen molar-refractivity contribution in [1.29, 1.82) is 0 Å². The average molecular weight is 386 g/mol. The van der Waals surface area contributed by atoms with Crippen LogP contribution in [-0.4, -0.2) is 62.2 Å². The van der Waals surface area contributed by atoms with E-state index >= 15 is 0 Å². The van der Waals surface area contributed by atoms with Crippen molar-refractivity contribution >= 4 is 28.5 Å². The van der Waals surface area contributed by atoms with Gasteiger partial charge in [0, 0.05) is 26.2 Å². The second-order valence-corrected chi connectivity index (χ2v) is 6.76. The molecule has 0 aliphatic carbocycles. The second kappa shape index (κ2) is 8.56. The molecule has 2 unspecified atom stereocenters. The van der Waals surface area contributed by atoms with Crippen molar-refractivity contribution in [2.75, 3.05) is 7.11 Å². The predicted molar refractivity (Wildman–Crippen MR) is 89.6 cm³/mol. The minimum Gasteiger partial charge on any atom is -0.458 e. The van der Waals surface area contributed by atoms with E-state index < -0.39 is 34.8 Å². The third kappa shape index (κ3) is 4.37. The fourth-order valence-corrected chi connectivity index (χ4v) is 3.51. The van der Waals surface area contributed by atoms with Crippen molar-refractivity contribution in [2.24, 2.45) is 0 Å². The number of ether oxygens (including phenoxy) is 2. The summed E-state index contributed by atoms with van der Waals surface area (Å²) in [6.07, 6.45) is -3.79. The van der Waals surface area contributed by atoms with E-state index in [9.17, 15) is 29.9 Å². The summed E-state index contributed by atoms with van der Waals surface area (Å²) >= 11 is 0.821. The molecule has 2 N–H and O–H groups in total. The fraction of sp³-hybridized carbons (Fsp3) is 0.467. The number of methoxy groups -OCH3 is 1. The van der Waals surface area contributed by atoms with E-state index in [0.717, 1.165) is 16.7 Å². The van der Waals surface area contributed by atoms with Crippen LogP contribution in [0, 0.1) is 10.1 Å². The molecular weight excluding hydrogens is 368 g/mol. The van der Waals surface area contributed by atoms with Gasteiger partial charge in [0.1, 0.15) is 18.9 Å². The van der Waals surface area contributed by atoms with Crippen molar-refractivity contribution in [3.8, 4) is 0 Å². The minimum atomic E-state index is -1.79. The first-order valence-corrected chi connectivity index (χ1v) is 8.37. The lowest BCUT2D eigenvalue weighted by atomic mass is 10.1. The van der Waals surface area contributed by atoms with Gasteiger partial charge in [-0.2, -0.15) is 0 Å². The van der Waals surface area contributed by atoms with Gasteiger partial charge < -0.3 is 19.7 Å². The standard InChI is InChI=1S/C15H18N2O8S/c1-8(18)26-14-11(24-2)12(19)16(14)13(20)15(21)25-7-9-3-5-10(6-4-9)17(22)23/h3-6,11-14,19-20H,7H2,1-2H3/t11-,12?,13?,14+/m0/s1. The first-order valence-electron chi connectivity index (χ1n) is 7.49. The number of nitrogens with zero attached hydrogens (tertiary/aromatic N) is 2. The summed E-state index contributed by atoms with van der Waals surface area (Å²) in [7, 11) is 1.35. The number of aliphatic hydroxyl groups excluding tert-OH is 2.